The van der Waals surface area contributed by atoms with E-state index in [9.17, 15) is 0 Å². The predicted octanol–water partition coefficient (Wildman–Crippen LogP) is 0.810. The number of hydrazine groups is 1. The van der Waals surface area contributed by atoms with Crippen LogP contribution in [0.3, 0.4) is 0 Å². The van der Waals surface area contributed by atoms with E-state index in [4.69, 9.17) is 0 Å². The van der Waals surface area contributed by atoms with E-state index in [2.05, 4.69) is 21.6 Å². The molecule has 3 heterocycles. The fourth-order valence-electron chi connectivity index (χ4n) is 1.93. The maximum Gasteiger partial charge on any atom is 0.136 e. The van der Waals surface area contributed by atoms with Crippen LogP contribution in [0.2, 0.25) is 0 Å². The first-order chi connectivity index (χ1) is 6.75. The molecular weight excluding hydrogens is 178 g/mol. The Morgan fingerprint density at radius 1 is 1.50 bits per heavy atom. The van der Waals surface area contributed by atoms with Gasteiger partial charge in [0.15, 0.2) is 0 Å². The van der Waals surface area contributed by atoms with Crippen LogP contribution in [0.4, 0.5) is 5.69 Å². The highest BCUT2D eigenvalue weighted by molar-refractivity contribution is 5.77. The summed E-state index contributed by atoms with van der Waals surface area (Å²) >= 11 is 0. The number of nitrogens with zero attached hydrogens (tertiary/aromatic N) is 4. The van der Waals surface area contributed by atoms with Gasteiger partial charge >= 0.3 is 0 Å². The van der Waals surface area contributed by atoms with Crippen molar-refractivity contribution >= 4 is 11.2 Å². The van der Waals surface area contributed by atoms with Crippen LogP contribution >= 0.6 is 0 Å². The summed E-state index contributed by atoms with van der Waals surface area (Å²) in [6, 6.07) is 2.09. The van der Waals surface area contributed by atoms with E-state index in [0.29, 0.717) is 0 Å². The molecule has 2 aromatic rings. The molecule has 0 atom stereocenters. The van der Waals surface area contributed by atoms with Crippen molar-refractivity contribution in [3.8, 4) is 0 Å². The second kappa shape index (κ2) is 2.45. The molecule has 0 radical (unpaired) electrons. The summed E-state index contributed by atoms with van der Waals surface area (Å²) in [5, 5.41) is 6.23. The van der Waals surface area contributed by atoms with Gasteiger partial charge in [0.1, 0.15) is 11.8 Å². The van der Waals surface area contributed by atoms with Gasteiger partial charge in [0.2, 0.25) is 0 Å². The Balaban J connectivity index is 2.41. The maximum atomic E-state index is 4.29. The zero-order valence-corrected chi connectivity index (χ0v) is 8.15. The zero-order valence-electron chi connectivity index (χ0n) is 8.15. The van der Waals surface area contributed by atoms with E-state index < -0.39 is 0 Å². The molecule has 72 valence electrons. The lowest BCUT2D eigenvalue weighted by Gasteiger charge is -2.23. The highest BCUT2D eigenvalue weighted by Gasteiger charge is 2.19. The molecule has 0 unspecified atom stereocenters. The molecule has 0 saturated carbocycles. The number of nitrogens with one attached hydrogen (secondary N) is 1. The third-order valence-corrected chi connectivity index (χ3v) is 2.51. The van der Waals surface area contributed by atoms with E-state index in [1.807, 2.05) is 23.5 Å². The molecule has 0 fully saturated rings. The second-order valence-electron chi connectivity index (χ2n) is 3.63. The Labute approximate surface area is 81.3 Å². The maximum absolute atomic E-state index is 4.29. The summed E-state index contributed by atoms with van der Waals surface area (Å²) in [5.41, 5.74) is 7.67. The molecule has 1 aliphatic rings. The lowest BCUT2D eigenvalue weighted by atomic mass is 10.3. The predicted molar refractivity (Wildman–Crippen MR) is 52.8 cm³/mol. The molecule has 1 aliphatic heterocycles. The fourth-order valence-corrected chi connectivity index (χ4v) is 1.93. The Hall–Kier alpha value is -1.62. The van der Waals surface area contributed by atoms with Crippen LogP contribution in [0, 0.1) is 6.92 Å². The average Bonchev–Trinajstić information content (AvgIpc) is 2.45. The molecule has 0 aliphatic carbocycles. The summed E-state index contributed by atoms with van der Waals surface area (Å²) in [6.45, 7) is 2.85. The van der Waals surface area contributed by atoms with E-state index >= 15 is 0 Å². The van der Waals surface area contributed by atoms with Gasteiger partial charge in [-0.25, -0.2) is 14.5 Å². The van der Waals surface area contributed by atoms with Gasteiger partial charge in [-0.1, -0.05) is 0 Å². The van der Waals surface area contributed by atoms with Crippen LogP contribution in [0.25, 0.3) is 5.52 Å². The van der Waals surface area contributed by atoms with Gasteiger partial charge in [-0.15, -0.1) is 0 Å². The molecule has 5 heteroatoms. The van der Waals surface area contributed by atoms with Crippen LogP contribution in [-0.4, -0.2) is 26.7 Å². The minimum absolute atomic E-state index is 0.808. The van der Waals surface area contributed by atoms with Crippen molar-refractivity contribution < 1.29 is 0 Å². The first kappa shape index (κ1) is 7.75. The summed E-state index contributed by atoms with van der Waals surface area (Å²) in [6.07, 6.45) is 1.61. The lowest BCUT2D eigenvalue weighted by Crippen LogP contribution is -2.28. The fraction of sp³-hybridized carbons (Fsp3) is 0.333. The van der Waals surface area contributed by atoms with E-state index in [0.717, 1.165) is 29.1 Å². The van der Waals surface area contributed by atoms with Gasteiger partial charge in [0.25, 0.3) is 0 Å². The van der Waals surface area contributed by atoms with Crippen LogP contribution in [0.5, 0.6) is 0 Å². The number of aromatic nitrogens is 3. The van der Waals surface area contributed by atoms with Crippen LogP contribution in [-0.2, 0) is 6.54 Å². The number of aryl methyl sites for hydroxylation is 1. The number of hydrogen-bond donors (Lipinski definition) is 1. The molecule has 2 aromatic heterocycles. The van der Waals surface area contributed by atoms with Crippen molar-refractivity contribution in [2.45, 2.75) is 13.5 Å². The third kappa shape index (κ3) is 0.871. The molecule has 14 heavy (non-hydrogen) atoms. The van der Waals surface area contributed by atoms with Crippen LogP contribution in [0.15, 0.2) is 12.4 Å². The number of hydrogen-bond acceptors (Lipinski definition) is 4. The molecular formula is C9H11N5. The molecule has 1 N–H and O–H groups in total. The van der Waals surface area contributed by atoms with Gasteiger partial charge in [0, 0.05) is 12.7 Å². The Kier molecular flexibility index (Phi) is 1.36. The highest BCUT2D eigenvalue weighted by atomic mass is 15.5. The number of anilines is 1. The van der Waals surface area contributed by atoms with Gasteiger partial charge in [-0.3, -0.25) is 0 Å². The summed E-state index contributed by atoms with van der Waals surface area (Å²) in [7, 11) is 2.00. The number of rotatable bonds is 0. The van der Waals surface area contributed by atoms with Crippen molar-refractivity contribution in [1.82, 2.24) is 19.6 Å². The minimum atomic E-state index is 0.808. The van der Waals surface area contributed by atoms with E-state index in [1.165, 1.54) is 0 Å². The molecule has 0 bridgehead atoms. The Bertz CT molecular complexity index is 501. The first-order valence-electron chi connectivity index (χ1n) is 4.56. The normalized spacial score (nSPS) is 15.9. The first-order valence-corrected chi connectivity index (χ1v) is 4.56. The third-order valence-electron chi connectivity index (χ3n) is 2.51. The lowest BCUT2D eigenvalue weighted by molar-refractivity contribution is 0.384. The van der Waals surface area contributed by atoms with Crippen molar-refractivity contribution in [3.63, 3.8) is 0 Å². The van der Waals surface area contributed by atoms with E-state index in [-0.39, 0.29) is 0 Å². The molecule has 3 rings (SSSR count). The molecule has 0 saturated heterocycles. The van der Waals surface area contributed by atoms with Gasteiger partial charge in [-0.05, 0) is 13.0 Å². The SMILES string of the molecule is Cc1cc2c3c(ncnn13)CN(C)N2. The molecule has 0 amide bonds. The van der Waals surface area contributed by atoms with Gasteiger partial charge < -0.3 is 5.43 Å². The summed E-state index contributed by atoms with van der Waals surface area (Å²) in [5.74, 6) is 0. The van der Waals surface area contributed by atoms with Crippen molar-refractivity contribution in [3.05, 3.63) is 23.8 Å². The standard InChI is InChI=1S/C9H11N5/c1-6-3-7-9-8(4-13(2)12-7)10-5-11-14(6)9/h3,5,12H,4H2,1-2H3. The van der Waals surface area contributed by atoms with Gasteiger partial charge in [-0.2, -0.15) is 5.10 Å². The zero-order chi connectivity index (χ0) is 9.71. The van der Waals surface area contributed by atoms with Crippen molar-refractivity contribution in [1.29, 1.82) is 0 Å². The van der Waals surface area contributed by atoms with Gasteiger partial charge in [0.05, 0.1) is 17.9 Å². The highest BCUT2D eigenvalue weighted by Crippen LogP contribution is 2.27. The largest absolute Gasteiger partial charge is 0.317 e. The quantitative estimate of drug-likeness (QED) is 0.666. The monoisotopic (exact) mass is 189 g/mol. The van der Waals surface area contributed by atoms with Crippen molar-refractivity contribution in [2.24, 2.45) is 0 Å². The smallest absolute Gasteiger partial charge is 0.136 e. The Morgan fingerprint density at radius 3 is 3.21 bits per heavy atom. The Morgan fingerprint density at radius 2 is 2.36 bits per heavy atom. The average molecular weight is 189 g/mol. The molecule has 0 spiro atoms. The molecule has 0 aromatic carbocycles. The van der Waals surface area contributed by atoms with E-state index in [1.54, 1.807) is 6.33 Å². The van der Waals surface area contributed by atoms with Crippen LogP contribution < -0.4 is 5.43 Å². The minimum Gasteiger partial charge on any atom is -0.317 e. The summed E-state index contributed by atoms with van der Waals surface area (Å²) < 4.78 is 1.93. The van der Waals surface area contributed by atoms with Crippen molar-refractivity contribution in [2.75, 3.05) is 12.5 Å². The van der Waals surface area contributed by atoms with Crippen LogP contribution in [0.1, 0.15) is 11.4 Å². The second-order valence-corrected chi connectivity index (χ2v) is 3.63. The molecule has 5 nitrogen and oxygen atoms in total. The topological polar surface area (TPSA) is 45.5 Å². The summed E-state index contributed by atoms with van der Waals surface area (Å²) in [4.78, 5) is 4.29.